The summed E-state index contributed by atoms with van der Waals surface area (Å²) in [6.07, 6.45) is 3.84. The van der Waals surface area contributed by atoms with Gasteiger partial charge in [0.15, 0.2) is 5.78 Å². The van der Waals surface area contributed by atoms with E-state index in [0.29, 0.717) is 6.42 Å². The number of Topliss-reactive ketones (excluding diaryl/α,β-unsaturated/α-hetero) is 1. The number of ketones is 1. The highest BCUT2D eigenvalue weighted by molar-refractivity contribution is 5.96. The minimum Gasteiger partial charge on any atom is -0.294 e. The van der Waals surface area contributed by atoms with Crippen LogP contribution in [0.15, 0.2) is 30.3 Å². The average Bonchev–Trinajstić information content (AvgIpc) is 2.15. The molecule has 1 aromatic carbocycles. The molecular weight excluding hydrogens is 148 g/mol. The number of benzene rings is 1. The van der Waals surface area contributed by atoms with Crippen LogP contribution in [0.3, 0.4) is 0 Å². The number of hydrogen-bond acceptors (Lipinski definition) is 1. The maximum Gasteiger partial charge on any atom is 0.163 e. The van der Waals surface area contributed by atoms with Crippen LogP contribution in [0.2, 0.25) is 0 Å². The summed E-state index contributed by atoms with van der Waals surface area (Å²) < 4.78 is 0. The quantitative estimate of drug-likeness (QED) is 0.617. The monoisotopic (exact) mass is 159 g/mol. The van der Waals surface area contributed by atoms with Crippen molar-refractivity contribution in [3.05, 3.63) is 55.7 Å². The van der Waals surface area contributed by atoms with Crippen molar-refractivity contribution in [2.24, 2.45) is 0 Å². The summed E-state index contributed by atoms with van der Waals surface area (Å²) in [5.41, 5.74) is 0.760. The first-order valence-corrected chi connectivity index (χ1v) is 3.87. The Hall–Kier alpha value is -1.11. The number of unbranched alkanes of at least 4 members (excludes halogenated alkanes) is 1. The third-order valence-electron chi connectivity index (χ3n) is 1.57. The van der Waals surface area contributed by atoms with E-state index in [1.165, 1.54) is 0 Å². The lowest BCUT2D eigenvalue weighted by Gasteiger charge is -1.97. The van der Waals surface area contributed by atoms with Gasteiger partial charge in [0.25, 0.3) is 0 Å². The summed E-state index contributed by atoms with van der Waals surface area (Å²) >= 11 is 0. The molecule has 0 bridgehead atoms. The van der Waals surface area contributed by atoms with Gasteiger partial charge in [0.05, 0.1) is 0 Å². The van der Waals surface area contributed by atoms with Gasteiger partial charge in [-0.15, -0.1) is 0 Å². The van der Waals surface area contributed by atoms with E-state index in [1.54, 1.807) is 12.8 Å². The zero-order valence-electron chi connectivity index (χ0n) is 6.86. The maximum absolute atomic E-state index is 11.3. The first kappa shape index (κ1) is 8.98. The van der Waals surface area contributed by atoms with Crippen molar-refractivity contribution < 1.29 is 4.79 Å². The van der Waals surface area contributed by atoms with E-state index in [0.717, 1.165) is 5.56 Å². The molecule has 0 aliphatic carbocycles. The second kappa shape index (κ2) is 4.70. The molecule has 1 rings (SSSR count). The second-order valence-corrected chi connectivity index (χ2v) is 2.46. The van der Waals surface area contributed by atoms with E-state index in [9.17, 15) is 4.79 Å². The van der Waals surface area contributed by atoms with Gasteiger partial charge in [-0.05, 0) is 19.8 Å². The second-order valence-electron chi connectivity index (χ2n) is 2.46. The van der Waals surface area contributed by atoms with Gasteiger partial charge in [-0.3, -0.25) is 4.79 Å². The number of rotatable bonds is 4. The molecule has 0 atom stereocenters. The minimum absolute atomic E-state index is 0.135. The molecule has 0 aliphatic rings. The molecule has 0 unspecified atom stereocenters. The normalized spacial score (nSPS) is 9.75. The highest BCUT2D eigenvalue weighted by atomic mass is 16.1. The molecule has 0 amide bonds. The molecule has 1 aromatic rings. The van der Waals surface area contributed by atoms with Crippen molar-refractivity contribution >= 4 is 5.78 Å². The van der Waals surface area contributed by atoms with Gasteiger partial charge in [-0.25, -0.2) is 0 Å². The Morgan fingerprint density at radius 1 is 1.33 bits per heavy atom. The van der Waals surface area contributed by atoms with Crippen LogP contribution in [0.1, 0.15) is 16.8 Å². The van der Waals surface area contributed by atoms with E-state index in [-0.39, 0.29) is 5.78 Å². The van der Waals surface area contributed by atoms with Crippen LogP contribution in [0.4, 0.5) is 0 Å². The maximum atomic E-state index is 11.3. The summed E-state index contributed by atoms with van der Waals surface area (Å²) in [5.74, 6) is 0.135. The lowest BCUT2D eigenvalue weighted by Crippen LogP contribution is -1.98. The zero-order valence-corrected chi connectivity index (χ0v) is 6.86. The number of carbonyl (C=O) groups is 1. The van der Waals surface area contributed by atoms with Gasteiger partial charge >= 0.3 is 0 Å². The summed E-state index contributed by atoms with van der Waals surface area (Å²) in [6, 6.07) is 9.26. The molecule has 0 fully saturated rings. The predicted octanol–water partition coefficient (Wildman–Crippen LogP) is 2.50. The van der Waals surface area contributed by atoms with Crippen molar-refractivity contribution in [2.75, 3.05) is 0 Å². The van der Waals surface area contributed by atoms with Gasteiger partial charge < -0.3 is 0 Å². The largest absolute Gasteiger partial charge is 0.294 e. The summed E-state index contributed by atoms with van der Waals surface area (Å²) in [6.45, 7) is 3.52. The first-order chi connectivity index (χ1) is 5.84. The highest BCUT2D eigenvalue weighted by Crippen LogP contribution is 2.04. The molecule has 1 nitrogen and oxygen atoms in total. The van der Waals surface area contributed by atoms with Crippen molar-refractivity contribution in [3.8, 4) is 0 Å². The Morgan fingerprint density at radius 3 is 2.58 bits per heavy atom. The molecule has 0 aliphatic heterocycles. The third kappa shape index (κ3) is 2.50. The fourth-order valence-corrected chi connectivity index (χ4v) is 0.932. The minimum atomic E-state index is 0.135. The molecule has 3 radical (unpaired) electrons. The van der Waals surface area contributed by atoms with E-state index in [4.69, 9.17) is 0 Å². The first-order valence-electron chi connectivity index (χ1n) is 3.87. The van der Waals surface area contributed by atoms with Crippen LogP contribution in [-0.4, -0.2) is 5.78 Å². The van der Waals surface area contributed by atoms with Crippen molar-refractivity contribution in [1.29, 1.82) is 0 Å². The molecule has 61 valence electrons. The fourth-order valence-electron chi connectivity index (χ4n) is 0.932. The summed E-state index contributed by atoms with van der Waals surface area (Å²) in [5, 5.41) is 0. The SMILES string of the molecule is [CH2][CH][CH]CC(=O)c1ccccc1. The van der Waals surface area contributed by atoms with Crippen LogP contribution in [0.5, 0.6) is 0 Å². The molecule has 0 spiro atoms. The molecule has 12 heavy (non-hydrogen) atoms. The molecule has 1 heteroatoms. The van der Waals surface area contributed by atoms with Crippen molar-refractivity contribution in [2.45, 2.75) is 6.42 Å². The molecule has 0 saturated carbocycles. The van der Waals surface area contributed by atoms with E-state index >= 15 is 0 Å². The van der Waals surface area contributed by atoms with Crippen molar-refractivity contribution in [1.82, 2.24) is 0 Å². The molecule has 0 saturated heterocycles. The smallest absolute Gasteiger partial charge is 0.163 e. The molecule has 0 N–H and O–H groups in total. The summed E-state index contributed by atoms with van der Waals surface area (Å²) in [4.78, 5) is 11.3. The van der Waals surface area contributed by atoms with Crippen LogP contribution >= 0.6 is 0 Å². The van der Waals surface area contributed by atoms with Crippen LogP contribution in [-0.2, 0) is 0 Å². The highest BCUT2D eigenvalue weighted by Gasteiger charge is 2.02. The number of hydrogen-bond donors (Lipinski definition) is 0. The summed E-state index contributed by atoms with van der Waals surface area (Å²) in [7, 11) is 0. The zero-order chi connectivity index (χ0) is 8.81. The third-order valence-corrected chi connectivity index (χ3v) is 1.57. The van der Waals surface area contributed by atoms with E-state index in [1.807, 2.05) is 30.3 Å². The topological polar surface area (TPSA) is 17.1 Å². The molecular formula is C11H11O. The van der Waals surface area contributed by atoms with E-state index in [2.05, 4.69) is 6.92 Å². The van der Waals surface area contributed by atoms with Crippen LogP contribution in [0.25, 0.3) is 0 Å². The Kier molecular flexibility index (Phi) is 3.52. The predicted molar refractivity (Wildman–Crippen MR) is 49.3 cm³/mol. The van der Waals surface area contributed by atoms with Crippen molar-refractivity contribution in [3.63, 3.8) is 0 Å². The fraction of sp³-hybridized carbons (Fsp3) is 0.0909. The average molecular weight is 159 g/mol. The van der Waals surface area contributed by atoms with Crippen LogP contribution in [0, 0.1) is 19.8 Å². The van der Waals surface area contributed by atoms with Gasteiger partial charge in [0, 0.05) is 12.0 Å². The Labute approximate surface area is 73.4 Å². The molecule has 0 heterocycles. The van der Waals surface area contributed by atoms with Crippen LogP contribution < -0.4 is 0 Å². The lowest BCUT2D eigenvalue weighted by molar-refractivity contribution is 0.0992. The van der Waals surface area contributed by atoms with Gasteiger partial charge in [-0.2, -0.15) is 0 Å². The Bertz CT molecular complexity index is 238. The lowest BCUT2D eigenvalue weighted by atomic mass is 10.1. The molecule has 0 aromatic heterocycles. The van der Waals surface area contributed by atoms with Gasteiger partial charge in [-0.1, -0.05) is 30.3 Å². The van der Waals surface area contributed by atoms with Gasteiger partial charge in [0.2, 0.25) is 0 Å². The Morgan fingerprint density at radius 2 is 2.00 bits per heavy atom. The van der Waals surface area contributed by atoms with Gasteiger partial charge in [0.1, 0.15) is 0 Å². The standard InChI is InChI=1S/C11H11O/c1-2-3-9-11(12)10-7-5-4-6-8-10/h2-8H,1,9H2. The number of carbonyl (C=O) groups excluding carboxylic acids is 1. The Balaban J connectivity index is 2.54. The van der Waals surface area contributed by atoms with E-state index < -0.39 is 0 Å².